The maximum absolute atomic E-state index is 11.7. The van der Waals surface area contributed by atoms with Crippen molar-refractivity contribution in [2.24, 2.45) is 0 Å². The van der Waals surface area contributed by atoms with Gasteiger partial charge in [0.1, 0.15) is 5.75 Å². The molecule has 1 aromatic rings. The lowest BCUT2D eigenvalue weighted by atomic mass is 10.2. The molecule has 1 amide bonds. The van der Waals surface area contributed by atoms with Crippen LogP contribution in [0.5, 0.6) is 5.75 Å². The van der Waals surface area contributed by atoms with E-state index in [4.69, 9.17) is 9.47 Å². The maximum atomic E-state index is 11.7. The lowest BCUT2D eigenvalue weighted by Crippen LogP contribution is -2.39. The van der Waals surface area contributed by atoms with E-state index in [0.29, 0.717) is 6.61 Å². The molecule has 0 bridgehead atoms. The largest absolute Gasteiger partial charge is 0.494 e. The number of hydrogen-bond donors (Lipinski definition) is 1. The van der Waals surface area contributed by atoms with E-state index in [0.717, 1.165) is 11.3 Å². The Balaban J connectivity index is 2.51. The molecular formula is C17H23NO4. The average molecular weight is 305 g/mol. The predicted molar refractivity (Wildman–Crippen MR) is 85.5 cm³/mol. The van der Waals surface area contributed by atoms with E-state index in [-0.39, 0.29) is 11.9 Å². The highest BCUT2D eigenvalue weighted by Crippen LogP contribution is 2.13. The molecule has 0 fully saturated rings. The Morgan fingerprint density at radius 2 is 1.82 bits per heavy atom. The second-order valence-corrected chi connectivity index (χ2v) is 5.08. The number of nitrogens with one attached hydrogen (secondary N) is 1. The van der Waals surface area contributed by atoms with E-state index in [1.54, 1.807) is 13.0 Å². The summed E-state index contributed by atoms with van der Waals surface area (Å²) in [7, 11) is 0. The van der Waals surface area contributed by atoms with Crippen molar-refractivity contribution in [3.05, 3.63) is 35.9 Å². The molecule has 0 heterocycles. The summed E-state index contributed by atoms with van der Waals surface area (Å²) < 4.78 is 10.4. The van der Waals surface area contributed by atoms with Crippen molar-refractivity contribution >= 4 is 18.0 Å². The Morgan fingerprint density at radius 1 is 1.18 bits per heavy atom. The van der Waals surface area contributed by atoms with Crippen molar-refractivity contribution in [3.63, 3.8) is 0 Å². The SMILES string of the molecule is CCOc1ccc(/C=C/C(=O)OC(C)C(=O)NC(C)C)cc1. The van der Waals surface area contributed by atoms with Gasteiger partial charge in [-0.1, -0.05) is 12.1 Å². The first kappa shape index (κ1) is 17.8. The zero-order valence-corrected chi connectivity index (χ0v) is 13.5. The normalized spacial score (nSPS) is 12.2. The van der Waals surface area contributed by atoms with Gasteiger partial charge in [-0.25, -0.2) is 4.79 Å². The molecular weight excluding hydrogens is 282 g/mol. The number of hydrogen-bond acceptors (Lipinski definition) is 4. The monoisotopic (exact) mass is 305 g/mol. The third kappa shape index (κ3) is 6.43. The Labute approximate surface area is 131 Å². The smallest absolute Gasteiger partial charge is 0.331 e. The number of carbonyl (C=O) groups is 2. The van der Waals surface area contributed by atoms with Crippen LogP contribution in [0.25, 0.3) is 6.08 Å². The van der Waals surface area contributed by atoms with Gasteiger partial charge in [-0.15, -0.1) is 0 Å². The molecule has 120 valence electrons. The first-order valence-corrected chi connectivity index (χ1v) is 7.34. The molecule has 5 nitrogen and oxygen atoms in total. The number of esters is 1. The van der Waals surface area contributed by atoms with Crippen LogP contribution in [0.1, 0.15) is 33.3 Å². The molecule has 0 saturated heterocycles. The van der Waals surface area contributed by atoms with Gasteiger partial charge in [-0.05, 0) is 51.5 Å². The van der Waals surface area contributed by atoms with Gasteiger partial charge in [0.15, 0.2) is 6.10 Å². The van der Waals surface area contributed by atoms with Gasteiger partial charge in [0.05, 0.1) is 6.61 Å². The van der Waals surface area contributed by atoms with Gasteiger partial charge in [0.2, 0.25) is 0 Å². The molecule has 1 atom stereocenters. The first-order chi connectivity index (χ1) is 10.4. The lowest BCUT2D eigenvalue weighted by molar-refractivity contribution is -0.150. The first-order valence-electron chi connectivity index (χ1n) is 7.34. The van der Waals surface area contributed by atoms with Crippen LogP contribution in [0.2, 0.25) is 0 Å². The molecule has 0 spiro atoms. The van der Waals surface area contributed by atoms with E-state index in [2.05, 4.69) is 5.32 Å². The third-order valence-corrected chi connectivity index (χ3v) is 2.70. The van der Waals surface area contributed by atoms with E-state index in [9.17, 15) is 9.59 Å². The fourth-order valence-corrected chi connectivity index (χ4v) is 1.68. The van der Waals surface area contributed by atoms with Gasteiger partial charge in [-0.3, -0.25) is 4.79 Å². The van der Waals surface area contributed by atoms with Crippen LogP contribution in [0.15, 0.2) is 30.3 Å². The predicted octanol–water partition coefficient (Wildman–Crippen LogP) is 2.55. The van der Waals surface area contributed by atoms with E-state index < -0.39 is 12.1 Å². The summed E-state index contributed by atoms with van der Waals surface area (Å²) in [6.45, 7) is 7.76. The second-order valence-electron chi connectivity index (χ2n) is 5.08. The van der Waals surface area contributed by atoms with Gasteiger partial charge in [0.25, 0.3) is 5.91 Å². The van der Waals surface area contributed by atoms with E-state index >= 15 is 0 Å². The average Bonchev–Trinajstić information content (AvgIpc) is 2.46. The van der Waals surface area contributed by atoms with Crippen LogP contribution in [0.3, 0.4) is 0 Å². The number of ether oxygens (including phenoxy) is 2. The summed E-state index contributed by atoms with van der Waals surface area (Å²) in [5.41, 5.74) is 0.847. The fraction of sp³-hybridized carbons (Fsp3) is 0.412. The van der Waals surface area contributed by atoms with Crippen LogP contribution in [0.4, 0.5) is 0 Å². The molecule has 22 heavy (non-hydrogen) atoms. The summed E-state index contributed by atoms with van der Waals surface area (Å²) in [6.07, 6.45) is 2.11. The van der Waals surface area contributed by atoms with Gasteiger partial charge >= 0.3 is 5.97 Å². The molecule has 0 aliphatic carbocycles. The molecule has 1 N–H and O–H groups in total. The van der Waals surface area contributed by atoms with Crippen molar-refractivity contribution in [3.8, 4) is 5.75 Å². The molecule has 5 heteroatoms. The number of carbonyl (C=O) groups excluding carboxylic acids is 2. The maximum Gasteiger partial charge on any atom is 0.331 e. The van der Waals surface area contributed by atoms with Crippen molar-refractivity contribution in [1.82, 2.24) is 5.32 Å². The Kier molecular flexibility index (Phi) is 7.16. The Bertz CT molecular complexity index is 520. The summed E-state index contributed by atoms with van der Waals surface area (Å²) in [5.74, 6) is -0.0840. The highest BCUT2D eigenvalue weighted by molar-refractivity contribution is 5.90. The topological polar surface area (TPSA) is 64.6 Å². The van der Waals surface area contributed by atoms with Crippen LogP contribution < -0.4 is 10.1 Å². The third-order valence-electron chi connectivity index (χ3n) is 2.70. The summed E-state index contributed by atoms with van der Waals surface area (Å²) in [6, 6.07) is 7.33. The fourth-order valence-electron chi connectivity index (χ4n) is 1.68. The van der Waals surface area contributed by atoms with Gasteiger partial charge in [0, 0.05) is 12.1 Å². The zero-order chi connectivity index (χ0) is 16.5. The Hall–Kier alpha value is -2.30. The minimum absolute atomic E-state index is 0.00745. The lowest BCUT2D eigenvalue weighted by Gasteiger charge is -2.14. The van der Waals surface area contributed by atoms with Crippen molar-refractivity contribution in [1.29, 1.82) is 0 Å². The van der Waals surface area contributed by atoms with Crippen molar-refractivity contribution in [2.75, 3.05) is 6.61 Å². The van der Waals surface area contributed by atoms with Crippen LogP contribution >= 0.6 is 0 Å². The van der Waals surface area contributed by atoms with Gasteiger partial charge < -0.3 is 14.8 Å². The standard InChI is InChI=1S/C17H23NO4/c1-5-21-15-9-6-14(7-10-15)8-11-16(19)22-13(4)17(20)18-12(2)3/h6-13H,5H2,1-4H3,(H,18,20)/b11-8+. The summed E-state index contributed by atoms with van der Waals surface area (Å²) >= 11 is 0. The minimum Gasteiger partial charge on any atom is -0.494 e. The molecule has 0 aliphatic heterocycles. The second kappa shape index (κ2) is 8.87. The molecule has 1 rings (SSSR count). The highest BCUT2D eigenvalue weighted by atomic mass is 16.5. The van der Waals surface area contributed by atoms with Crippen molar-refractivity contribution < 1.29 is 19.1 Å². The Morgan fingerprint density at radius 3 is 2.36 bits per heavy atom. The zero-order valence-electron chi connectivity index (χ0n) is 13.5. The highest BCUT2D eigenvalue weighted by Gasteiger charge is 2.16. The van der Waals surface area contributed by atoms with Crippen LogP contribution in [-0.4, -0.2) is 30.6 Å². The molecule has 1 aromatic carbocycles. The molecule has 0 radical (unpaired) electrons. The summed E-state index contributed by atoms with van der Waals surface area (Å²) in [5, 5.41) is 2.69. The summed E-state index contributed by atoms with van der Waals surface area (Å²) in [4.78, 5) is 23.3. The van der Waals surface area contributed by atoms with Crippen LogP contribution in [-0.2, 0) is 14.3 Å². The van der Waals surface area contributed by atoms with Gasteiger partial charge in [-0.2, -0.15) is 0 Å². The van der Waals surface area contributed by atoms with Crippen LogP contribution in [0, 0.1) is 0 Å². The van der Waals surface area contributed by atoms with Crippen molar-refractivity contribution in [2.45, 2.75) is 39.8 Å². The number of rotatable bonds is 7. The number of benzene rings is 1. The van der Waals surface area contributed by atoms with E-state index in [1.165, 1.54) is 6.08 Å². The number of amides is 1. The molecule has 0 saturated carbocycles. The molecule has 0 aliphatic rings. The molecule has 1 unspecified atom stereocenters. The van der Waals surface area contributed by atoms with E-state index in [1.807, 2.05) is 45.0 Å². The quantitative estimate of drug-likeness (QED) is 0.621. The molecule has 0 aromatic heterocycles. The minimum atomic E-state index is -0.820.